The molecule has 0 fully saturated rings. The summed E-state index contributed by atoms with van der Waals surface area (Å²) in [5.74, 6) is 2.72. The highest BCUT2D eigenvalue weighted by Crippen LogP contribution is 2.44. The number of nitrogens with two attached hydrogens (primary N) is 1. The summed E-state index contributed by atoms with van der Waals surface area (Å²) in [6.45, 7) is 11.9. The topological polar surface area (TPSA) is 142 Å². The van der Waals surface area contributed by atoms with Gasteiger partial charge in [-0.05, 0) is 36.1 Å². The summed E-state index contributed by atoms with van der Waals surface area (Å²) < 4.78 is 15.7. The predicted octanol–water partition coefficient (Wildman–Crippen LogP) is 7.43. The zero-order valence-electron chi connectivity index (χ0n) is 24.7. The molecule has 1 aliphatic carbocycles. The van der Waals surface area contributed by atoms with Gasteiger partial charge in [0.15, 0.2) is 11.6 Å². The second-order valence-electron chi connectivity index (χ2n) is 10.4. The Balaban J connectivity index is 0.000000288. The van der Waals surface area contributed by atoms with Crippen LogP contribution in [0.25, 0.3) is 11.1 Å². The molecule has 2 aromatic heterocycles. The highest BCUT2D eigenvalue weighted by Gasteiger charge is 2.29. The van der Waals surface area contributed by atoms with Crippen molar-refractivity contribution in [1.82, 2.24) is 25.6 Å². The largest absolute Gasteiger partial charge is 0.449 e. The lowest BCUT2D eigenvalue weighted by Crippen LogP contribution is -2.29. The molecule has 2 atom stereocenters. The average molecular weight is 618 g/mol. The van der Waals surface area contributed by atoms with Crippen LogP contribution < -0.4 is 11.1 Å². The quantitative estimate of drug-likeness (QED) is 0.202. The highest BCUT2D eigenvalue weighted by atomic mass is 35.5. The van der Waals surface area contributed by atoms with Gasteiger partial charge in [0.1, 0.15) is 12.6 Å². The second kappa shape index (κ2) is 15.7. The van der Waals surface area contributed by atoms with E-state index in [0.29, 0.717) is 23.5 Å². The molecule has 42 heavy (non-hydrogen) atoms. The van der Waals surface area contributed by atoms with Crippen LogP contribution in [0, 0.1) is 0 Å². The van der Waals surface area contributed by atoms with E-state index < -0.39 is 12.1 Å². The first kappa shape index (κ1) is 33.0. The number of rotatable bonds is 7. The molecule has 3 N–H and O–H groups in total. The number of hydrogen-bond donors (Lipinski definition) is 2. The van der Waals surface area contributed by atoms with Gasteiger partial charge in [-0.1, -0.05) is 86.5 Å². The van der Waals surface area contributed by atoms with E-state index in [1.807, 2.05) is 58.9 Å². The molecular formula is C30H38Cl2N6O4. The Bertz CT molecular complexity index is 1350. The maximum absolute atomic E-state index is 12.3. The molecule has 226 valence electrons. The number of nitrogens with zero attached hydrogens (tertiary/aromatic N) is 4. The van der Waals surface area contributed by atoms with E-state index in [4.69, 9.17) is 42.7 Å². The maximum atomic E-state index is 12.3. The number of nitrogens with one attached hydrogen (secondary N) is 1. The normalized spacial score (nSPS) is 13.3. The molecule has 0 aliphatic heterocycles. The van der Waals surface area contributed by atoms with Crippen LogP contribution in [0.1, 0.15) is 106 Å². The molecule has 2 heterocycles. The van der Waals surface area contributed by atoms with Crippen molar-refractivity contribution < 1.29 is 18.6 Å². The van der Waals surface area contributed by atoms with Crippen molar-refractivity contribution in [1.29, 1.82) is 0 Å². The monoisotopic (exact) mass is 616 g/mol. The number of ether oxygens (including phenoxy) is 1. The number of carbonyl (C=O) groups excluding carboxylic acids is 1. The van der Waals surface area contributed by atoms with Gasteiger partial charge in [0, 0.05) is 17.8 Å². The summed E-state index contributed by atoms with van der Waals surface area (Å²) in [5, 5.41) is 10.7. The zero-order valence-corrected chi connectivity index (χ0v) is 26.2. The van der Waals surface area contributed by atoms with Crippen LogP contribution in [-0.2, 0) is 4.74 Å². The molecule has 5 rings (SSSR count). The van der Waals surface area contributed by atoms with E-state index in [2.05, 4.69) is 49.9 Å². The van der Waals surface area contributed by atoms with Crippen LogP contribution in [0.3, 0.4) is 0 Å². The van der Waals surface area contributed by atoms with Gasteiger partial charge in [0.05, 0.1) is 11.4 Å². The fraction of sp³-hybridized carbons (Fsp3) is 0.433. The molecule has 2 aromatic carbocycles. The van der Waals surface area contributed by atoms with Crippen molar-refractivity contribution in [2.45, 2.75) is 71.4 Å². The predicted molar refractivity (Wildman–Crippen MR) is 163 cm³/mol. The minimum absolute atomic E-state index is 0.0319. The summed E-state index contributed by atoms with van der Waals surface area (Å²) >= 11 is 9.53. The van der Waals surface area contributed by atoms with Crippen LogP contribution in [0.15, 0.2) is 57.6 Å². The Morgan fingerprint density at radius 2 is 1.31 bits per heavy atom. The summed E-state index contributed by atoms with van der Waals surface area (Å²) in [6, 6.07) is 15.9. The standard InChI is InChI=1S/C22H23N3O3.C7H13N3O.CH2Cl2/c1-13(2)20-24-21(28-25-20)14(3)23-22(26)27-12-19-17-10-6-4-8-15(17)16-9-5-7-11-18(16)19;1-4(2)6-9-7(5(3)8)11-10-6;2-1-3/h4-11,13-14,19H,12H2,1-3H3,(H,23,26);4-5H,8H2,1-3H3;1H2/t14-;5-;/m00./s1. The lowest BCUT2D eigenvalue weighted by Gasteiger charge is -2.15. The van der Waals surface area contributed by atoms with Gasteiger partial charge in [0.2, 0.25) is 11.8 Å². The Morgan fingerprint density at radius 3 is 1.74 bits per heavy atom. The van der Waals surface area contributed by atoms with Crippen LogP contribution >= 0.6 is 23.2 Å². The van der Waals surface area contributed by atoms with E-state index in [9.17, 15) is 4.79 Å². The van der Waals surface area contributed by atoms with Crippen LogP contribution in [0.4, 0.5) is 4.79 Å². The van der Waals surface area contributed by atoms with Gasteiger partial charge < -0.3 is 24.8 Å². The van der Waals surface area contributed by atoms with Gasteiger partial charge >= 0.3 is 6.09 Å². The summed E-state index contributed by atoms with van der Waals surface area (Å²) in [7, 11) is 0. The number of halogens is 2. The minimum Gasteiger partial charge on any atom is -0.449 e. The second-order valence-corrected chi connectivity index (χ2v) is 11.2. The average Bonchev–Trinajstić information content (AvgIpc) is 3.71. The van der Waals surface area contributed by atoms with Gasteiger partial charge in [-0.2, -0.15) is 9.97 Å². The molecule has 4 aromatic rings. The number of fused-ring (bicyclic) bond motifs is 3. The van der Waals surface area contributed by atoms with E-state index in [1.165, 1.54) is 22.3 Å². The molecule has 0 bridgehead atoms. The molecule has 0 saturated carbocycles. The van der Waals surface area contributed by atoms with Gasteiger partial charge in [-0.15, -0.1) is 23.2 Å². The Morgan fingerprint density at radius 1 is 0.857 bits per heavy atom. The summed E-state index contributed by atoms with van der Waals surface area (Å²) in [6.07, 6.45) is -0.501. The van der Waals surface area contributed by atoms with Crippen LogP contribution in [0.2, 0.25) is 0 Å². The number of hydrogen-bond acceptors (Lipinski definition) is 9. The minimum atomic E-state index is -0.501. The number of alkyl halides is 2. The third-order valence-corrected chi connectivity index (χ3v) is 6.39. The molecule has 1 aliphatic rings. The van der Waals surface area contributed by atoms with Gasteiger partial charge in [-0.3, -0.25) is 0 Å². The first-order valence-electron chi connectivity index (χ1n) is 13.7. The number of aromatic nitrogens is 4. The number of alkyl carbamates (subject to hydrolysis) is 1. The maximum Gasteiger partial charge on any atom is 0.407 e. The van der Waals surface area contributed by atoms with Crippen molar-refractivity contribution >= 4 is 29.3 Å². The lowest BCUT2D eigenvalue weighted by molar-refractivity contribution is 0.137. The zero-order chi connectivity index (χ0) is 30.8. The molecule has 12 heteroatoms. The molecular weight excluding hydrogens is 579 g/mol. The molecule has 0 unspecified atom stereocenters. The molecule has 1 amide bonds. The molecule has 0 radical (unpaired) electrons. The Hall–Kier alpha value is -3.47. The van der Waals surface area contributed by atoms with E-state index in [0.717, 1.165) is 5.82 Å². The van der Waals surface area contributed by atoms with Crippen LogP contribution in [-0.4, -0.2) is 38.3 Å². The van der Waals surface area contributed by atoms with Crippen molar-refractivity contribution in [3.8, 4) is 11.1 Å². The third kappa shape index (κ3) is 8.53. The third-order valence-electron chi connectivity index (χ3n) is 6.39. The Kier molecular flexibility index (Phi) is 12.3. The van der Waals surface area contributed by atoms with Gasteiger partial charge in [-0.25, -0.2) is 4.79 Å². The first-order chi connectivity index (χ1) is 20.1. The van der Waals surface area contributed by atoms with Crippen molar-refractivity contribution in [3.05, 3.63) is 83.1 Å². The molecule has 0 spiro atoms. The fourth-order valence-electron chi connectivity index (χ4n) is 4.20. The van der Waals surface area contributed by atoms with Crippen molar-refractivity contribution in [3.63, 3.8) is 0 Å². The van der Waals surface area contributed by atoms with Crippen molar-refractivity contribution in [2.24, 2.45) is 5.73 Å². The van der Waals surface area contributed by atoms with E-state index in [1.54, 1.807) is 6.92 Å². The summed E-state index contributed by atoms with van der Waals surface area (Å²) in [5.41, 5.74) is 10.3. The van der Waals surface area contributed by atoms with Gasteiger partial charge in [0.25, 0.3) is 0 Å². The number of amides is 1. The smallest absolute Gasteiger partial charge is 0.407 e. The first-order valence-corrected chi connectivity index (χ1v) is 14.8. The van der Waals surface area contributed by atoms with Crippen molar-refractivity contribution in [2.75, 3.05) is 11.9 Å². The lowest BCUT2D eigenvalue weighted by atomic mass is 9.98. The van der Waals surface area contributed by atoms with E-state index in [-0.39, 0.29) is 29.8 Å². The fourth-order valence-corrected chi connectivity index (χ4v) is 4.20. The molecule has 0 saturated heterocycles. The Labute approximate surface area is 256 Å². The summed E-state index contributed by atoms with van der Waals surface area (Å²) in [4.78, 5) is 20.7. The highest BCUT2D eigenvalue weighted by molar-refractivity contribution is 6.40. The SMILES string of the molecule is CC(C)c1noc([C@H](C)N)n1.CC(C)c1noc([C@H](C)NC(=O)OCC2c3ccccc3-c3ccccc32)n1.ClCCl. The number of benzene rings is 2. The molecule has 10 nitrogen and oxygen atoms in total. The van der Waals surface area contributed by atoms with Crippen LogP contribution in [0.5, 0.6) is 0 Å². The van der Waals surface area contributed by atoms with E-state index >= 15 is 0 Å². The number of carbonyl (C=O) groups is 1.